The van der Waals surface area contributed by atoms with E-state index in [4.69, 9.17) is 11.6 Å². The van der Waals surface area contributed by atoms with Crippen LogP contribution < -0.4 is 5.32 Å². The summed E-state index contributed by atoms with van der Waals surface area (Å²) in [4.78, 5) is 13.5. The van der Waals surface area contributed by atoms with E-state index in [0.717, 1.165) is 27.8 Å². The highest BCUT2D eigenvalue weighted by Gasteiger charge is 2.30. The zero-order chi connectivity index (χ0) is 26.8. The smallest absolute Gasteiger partial charge is 0.244 e. The van der Waals surface area contributed by atoms with Crippen molar-refractivity contribution in [3.05, 3.63) is 98.1 Å². The van der Waals surface area contributed by atoms with E-state index in [0.29, 0.717) is 16.1 Å². The quantitative estimate of drug-likeness (QED) is 0.377. The third-order valence-electron chi connectivity index (χ3n) is 6.52. The van der Waals surface area contributed by atoms with Gasteiger partial charge in [-0.1, -0.05) is 53.6 Å². The predicted octanol–water partition coefficient (Wildman–Crippen LogP) is 6.26. The van der Waals surface area contributed by atoms with Crippen LogP contribution in [0.5, 0.6) is 0 Å². The van der Waals surface area contributed by atoms with Gasteiger partial charge < -0.3 is 5.32 Å². The second kappa shape index (κ2) is 11.2. The molecule has 192 valence electrons. The van der Waals surface area contributed by atoms with Crippen LogP contribution in [0.25, 0.3) is 0 Å². The van der Waals surface area contributed by atoms with Gasteiger partial charge in [0.15, 0.2) is 0 Å². The molecule has 36 heavy (non-hydrogen) atoms. The molecule has 3 rings (SSSR count). The maximum Gasteiger partial charge on any atom is 0.244 e. The molecule has 3 aromatic rings. The predicted molar refractivity (Wildman–Crippen MR) is 147 cm³/mol. The number of carbonyl (C=O) groups excluding carboxylic acids is 1. The summed E-state index contributed by atoms with van der Waals surface area (Å²) in [5.41, 5.74) is 7.50. The van der Waals surface area contributed by atoms with E-state index in [1.165, 1.54) is 9.87 Å². The molecule has 0 heterocycles. The molecule has 1 N–H and O–H groups in total. The Morgan fingerprint density at radius 1 is 0.861 bits per heavy atom. The van der Waals surface area contributed by atoms with Gasteiger partial charge in [0, 0.05) is 11.6 Å². The minimum atomic E-state index is -3.96. The van der Waals surface area contributed by atoms with Gasteiger partial charge >= 0.3 is 0 Å². The lowest BCUT2D eigenvalue weighted by Gasteiger charge is -2.25. The molecular formula is C29H35ClN2O3S. The first-order valence-corrected chi connectivity index (χ1v) is 13.8. The van der Waals surface area contributed by atoms with Gasteiger partial charge in [0.25, 0.3) is 0 Å². The molecule has 1 atom stereocenters. The molecule has 0 spiro atoms. The van der Waals surface area contributed by atoms with E-state index in [9.17, 15) is 13.2 Å². The molecule has 0 saturated carbocycles. The van der Waals surface area contributed by atoms with Crippen molar-refractivity contribution in [2.24, 2.45) is 0 Å². The summed E-state index contributed by atoms with van der Waals surface area (Å²) in [5, 5.41) is 3.57. The highest BCUT2D eigenvalue weighted by molar-refractivity contribution is 7.89. The molecule has 0 bridgehead atoms. The molecule has 0 aliphatic rings. The van der Waals surface area contributed by atoms with E-state index >= 15 is 0 Å². The number of aryl methyl sites for hydroxylation is 6. The monoisotopic (exact) mass is 526 g/mol. The molecule has 0 saturated heterocycles. The van der Waals surface area contributed by atoms with Crippen LogP contribution in [0.15, 0.2) is 53.4 Å². The van der Waals surface area contributed by atoms with Gasteiger partial charge in [0.2, 0.25) is 15.9 Å². The molecule has 1 amide bonds. The first kappa shape index (κ1) is 27.9. The normalized spacial score (nSPS) is 12.6. The third kappa shape index (κ3) is 6.36. The van der Waals surface area contributed by atoms with Crippen LogP contribution in [0.3, 0.4) is 0 Å². The number of hydrogen-bond donors (Lipinski definition) is 1. The first-order valence-electron chi connectivity index (χ1n) is 12.0. The number of amides is 1. The lowest BCUT2D eigenvalue weighted by molar-refractivity contribution is -0.122. The maximum absolute atomic E-state index is 13.9. The SMILES string of the molecule is Cc1cc(C)c(S(=O)(=O)N(CC(=O)NC(C)c2cc(C)c(C)cc2C)Cc2ccc(Cl)cc2)c(C)c1. The van der Waals surface area contributed by atoms with E-state index < -0.39 is 10.0 Å². The van der Waals surface area contributed by atoms with Crippen LogP contribution in [0.4, 0.5) is 0 Å². The Labute approximate surface area is 220 Å². The van der Waals surface area contributed by atoms with Crippen LogP contribution in [0.1, 0.15) is 57.5 Å². The average molecular weight is 527 g/mol. The standard InChI is InChI=1S/C29H35ClN2O3S/c1-18-12-22(5)29(23(6)13-18)36(34,35)32(16-25-8-10-26(30)11-9-25)17-28(33)31-24(7)27-15-20(3)19(2)14-21(27)4/h8-15,24H,16-17H2,1-7H3,(H,31,33). The van der Waals surface area contributed by atoms with Crippen molar-refractivity contribution in [3.8, 4) is 0 Å². The van der Waals surface area contributed by atoms with Crippen molar-refractivity contribution in [1.29, 1.82) is 0 Å². The molecular weight excluding hydrogens is 492 g/mol. The number of sulfonamides is 1. The number of carbonyl (C=O) groups is 1. The number of hydrogen-bond acceptors (Lipinski definition) is 3. The lowest BCUT2D eigenvalue weighted by atomic mass is 9.96. The number of nitrogens with one attached hydrogen (secondary N) is 1. The molecule has 0 radical (unpaired) electrons. The molecule has 0 aliphatic heterocycles. The van der Waals surface area contributed by atoms with Gasteiger partial charge in [0.05, 0.1) is 17.5 Å². The Balaban J connectivity index is 1.93. The fourth-order valence-corrected chi connectivity index (χ4v) is 6.62. The van der Waals surface area contributed by atoms with Gasteiger partial charge in [-0.15, -0.1) is 0 Å². The van der Waals surface area contributed by atoms with Gasteiger partial charge in [-0.05, 0) is 99.5 Å². The second-order valence-electron chi connectivity index (χ2n) is 9.71. The summed E-state index contributed by atoms with van der Waals surface area (Å²) < 4.78 is 29.1. The fraction of sp³-hybridized carbons (Fsp3) is 0.345. The summed E-state index contributed by atoms with van der Waals surface area (Å²) in [6.07, 6.45) is 0. The minimum Gasteiger partial charge on any atom is -0.348 e. The number of rotatable bonds is 8. The second-order valence-corrected chi connectivity index (χ2v) is 12.0. The van der Waals surface area contributed by atoms with E-state index in [1.807, 2.05) is 39.8 Å². The van der Waals surface area contributed by atoms with E-state index in [2.05, 4.69) is 24.4 Å². The Morgan fingerprint density at radius 2 is 1.42 bits per heavy atom. The summed E-state index contributed by atoms with van der Waals surface area (Å²) in [6.45, 7) is 13.3. The Kier molecular flexibility index (Phi) is 8.65. The highest BCUT2D eigenvalue weighted by atomic mass is 35.5. The molecule has 3 aromatic carbocycles. The molecule has 7 heteroatoms. The van der Waals surface area contributed by atoms with Crippen LogP contribution in [0, 0.1) is 41.5 Å². The highest BCUT2D eigenvalue weighted by Crippen LogP contribution is 2.27. The third-order valence-corrected chi connectivity index (χ3v) is 8.87. The van der Waals surface area contributed by atoms with Crippen molar-refractivity contribution in [2.75, 3.05) is 6.54 Å². The Bertz CT molecular complexity index is 1360. The Morgan fingerprint density at radius 3 is 2.00 bits per heavy atom. The summed E-state index contributed by atoms with van der Waals surface area (Å²) in [5.74, 6) is -0.361. The van der Waals surface area contributed by atoms with Gasteiger partial charge in [-0.3, -0.25) is 4.79 Å². The minimum absolute atomic E-state index is 0.0523. The summed E-state index contributed by atoms with van der Waals surface area (Å²) >= 11 is 6.03. The van der Waals surface area contributed by atoms with E-state index in [1.54, 1.807) is 38.1 Å². The van der Waals surface area contributed by atoms with Crippen LogP contribution >= 0.6 is 11.6 Å². The summed E-state index contributed by atoms with van der Waals surface area (Å²) in [6, 6.07) is 14.6. The zero-order valence-electron chi connectivity index (χ0n) is 22.1. The maximum atomic E-state index is 13.9. The Hall–Kier alpha value is -2.67. The average Bonchev–Trinajstić information content (AvgIpc) is 2.76. The zero-order valence-corrected chi connectivity index (χ0v) is 23.6. The van der Waals surface area contributed by atoms with Crippen molar-refractivity contribution < 1.29 is 13.2 Å². The molecule has 0 aliphatic carbocycles. The van der Waals surface area contributed by atoms with Gasteiger partial charge in [-0.25, -0.2) is 8.42 Å². The topological polar surface area (TPSA) is 66.5 Å². The van der Waals surface area contributed by atoms with Crippen LogP contribution in [-0.2, 0) is 21.4 Å². The number of benzene rings is 3. The lowest BCUT2D eigenvalue weighted by Crippen LogP contribution is -2.41. The van der Waals surface area contributed by atoms with Gasteiger partial charge in [-0.2, -0.15) is 4.31 Å². The van der Waals surface area contributed by atoms with Crippen molar-refractivity contribution in [2.45, 2.75) is 65.9 Å². The largest absolute Gasteiger partial charge is 0.348 e. The first-order chi connectivity index (χ1) is 16.8. The van der Waals surface area contributed by atoms with Crippen LogP contribution in [0.2, 0.25) is 5.02 Å². The fourth-order valence-electron chi connectivity index (χ4n) is 4.70. The van der Waals surface area contributed by atoms with Gasteiger partial charge in [0.1, 0.15) is 0 Å². The number of halogens is 1. The molecule has 0 aromatic heterocycles. The molecule has 0 fully saturated rings. The molecule has 5 nitrogen and oxygen atoms in total. The van der Waals surface area contributed by atoms with E-state index in [-0.39, 0.29) is 29.9 Å². The van der Waals surface area contributed by atoms with Crippen molar-refractivity contribution in [3.63, 3.8) is 0 Å². The molecule has 1 unspecified atom stereocenters. The van der Waals surface area contributed by atoms with Crippen molar-refractivity contribution in [1.82, 2.24) is 9.62 Å². The van der Waals surface area contributed by atoms with Crippen molar-refractivity contribution >= 4 is 27.5 Å². The number of nitrogens with zero attached hydrogens (tertiary/aromatic N) is 1. The van der Waals surface area contributed by atoms with Crippen LogP contribution in [-0.4, -0.2) is 25.2 Å². The summed E-state index contributed by atoms with van der Waals surface area (Å²) in [7, 11) is -3.96.